The Morgan fingerprint density at radius 3 is 2.60 bits per heavy atom. The number of rotatable bonds is 5. The number of aromatic nitrogens is 1. The quantitative estimate of drug-likeness (QED) is 0.902. The zero-order valence-corrected chi connectivity index (χ0v) is 12.3. The summed E-state index contributed by atoms with van der Waals surface area (Å²) < 4.78 is 5.85. The van der Waals surface area contributed by atoms with E-state index in [-0.39, 0.29) is 0 Å². The molecule has 1 aromatic carbocycles. The molecular formula is C16H21N3O. The molecule has 1 aromatic heterocycles. The molecule has 0 saturated heterocycles. The van der Waals surface area contributed by atoms with Crippen LogP contribution in [0.15, 0.2) is 36.5 Å². The maximum atomic E-state index is 5.85. The zero-order chi connectivity index (χ0) is 14.5. The number of pyridine rings is 1. The number of nitrogens with zero attached hydrogens (tertiary/aromatic N) is 2. The lowest BCUT2D eigenvalue weighted by molar-refractivity contribution is 0.459. The first kappa shape index (κ1) is 14.2. The van der Waals surface area contributed by atoms with Crippen molar-refractivity contribution in [3.63, 3.8) is 0 Å². The molecule has 0 aliphatic heterocycles. The number of hydrogen-bond donors (Lipinski definition) is 1. The van der Waals surface area contributed by atoms with Crippen molar-refractivity contribution in [3.05, 3.63) is 42.1 Å². The SMILES string of the molecule is CCN(CC)c1cccc(Oc2ncc(N)cc2C)c1. The van der Waals surface area contributed by atoms with E-state index in [0.29, 0.717) is 11.6 Å². The standard InChI is InChI=1S/C16H21N3O/c1-4-19(5-2)14-7-6-8-15(10-14)20-16-12(3)9-13(17)11-18-16/h6-11H,4-5,17H2,1-3H3. The highest BCUT2D eigenvalue weighted by Gasteiger charge is 2.06. The van der Waals surface area contributed by atoms with Crippen molar-refractivity contribution in [2.45, 2.75) is 20.8 Å². The fraction of sp³-hybridized carbons (Fsp3) is 0.312. The molecule has 1 heterocycles. The van der Waals surface area contributed by atoms with E-state index in [0.717, 1.165) is 30.1 Å². The molecule has 4 heteroatoms. The van der Waals surface area contributed by atoms with Gasteiger partial charge >= 0.3 is 0 Å². The fourth-order valence-electron chi connectivity index (χ4n) is 2.13. The Balaban J connectivity index is 2.23. The molecule has 0 fully saturated rings. The second kappa shape index (κ2) is 6.28. The Kier molecular flexibility index (Phi) is 4.45. The molecule has 0 unspecified atom stereocenters. The predicted octanol–water partition coefficient (Wildman–Crippen LogP) is 3.61. The van der Waals surface area contributed by atoms with Crippen LogP contribution in [0.4, 0.5) is 11.4 Å². The molecule has 0 aliphatic carbocycles. The molecule has 0 radical (unpaired) electrons. The Hall–Kier alpha value is -2.23. The molecule has 0 aliphatic rings. The van der Waals surface area contributed by atoms with Gasteiger partial charge in [0, 0.05) is 30.4 Å². The van der Waals surface area contributed by atoms with Crippen molar-refractivity contribution in [2.24, 2.45) is 0 Å². The molecule has 20 heavy (non-hydrogen) atoms. The topological polar surface area (TPSA) is 51.4 Å². The Bertz CT molecular complexity index is 580. The van der Waals surface area contributed by atoms with Gasteiger partial charge in [-0.15, -0.1) is 0 Å². The first-order valence-corrected chi connectivity index (χ1v) is 6.89. The number of anilines is 2. The van der Waals surface area contributed by atoms with Gasteiger partial charge in [-0.3, -0.25) is 0 Å². The van der Waals surface area contributed by atoms with E-state index in [4.69, 9.17) is 10.5 Å². The highest BCUT2D eigenvalue weighted by Crippen LogP contribution is 2.27. The number of hydrogen-bond acceptors (Lipinski definition) is 4. The van der Waals surface area contributed by atoms with Gasteiger partial charge in [-0.2, -0.15) is 0 Å². The monoisotopic (exact) mass is 271 g/mol. The average molecular weight is 271 g/mol. The van der Waals surface area contributed by atoms with E-state index >= 15 is 0 Å². The molecule has 4 nitrogen and oxygen atoms in total. The minimum atomic E-state index is 0.593. The zero-order valence-electron chi connectivity index (χ0n) is 12.3. The second-order valence-corrected chi connectivity index (χ2v) is 4.66. The number of ether oxygens (including phenoxy) is 1. The summed E-state index contributed by atoms with van der Waals surface area (Å²) in [7, 11) is 0. The van der Waals surface area contributed by atoms with Crippen molar-refractivity contribution in [2.75, 3.05) is 23.7 Å². The summed E-state index contributed by atoms with van der Waals surface area (Å²) in [6.45, 7) is 8.16. The van der Waals surface area contributed by atoms with Gasteiger partial charge in [0.2, 0.25) is 5.88 Å². The van der Waals surface area contributed by atoms with Crippen LogP contribution in [0.3, 0.4) is 0 Å². The van der Waals surface area contributed by atoms with Crippen LogP contribution in [0, 0.1) is 6.92 Å². The lowest BCUT2D eigenvalue weighted by Crippen LogP contribution is -2.21. The van der Waals surface area contributed by atoms with Gasteiger partial charge in [-0.05, 0) is 39.0 Å². The molecule has 0 atom stereocenters. The first-order chi connectivity index (χ1) is 9.63. The van der Waals surface area contributed by atoms with Crippen LogP contribution in [0.2, 0.25) is 0 Å². The molecule has 2 N–H and O–H groups in total. The van der Waals surface area contributed by atoms with Crippen molar-refractivity contribution < 1.29 is 4.74 Å². The summed E-state index contributed by atoms with van der Waals surface area (Å²) in [4.78, 5) is 6.50. The van der Waals surface area contributed by atoms with Crippen LogP contribution in [-0.4, -0.2) is 18.1 Å². The van der Waals surface area contributed by atoms with E-state index in [2.05, 4.69) is 29.8 Å². The van der Waals surface area contributed by atoms with Crippen molar-refractivity contribution in [1.82, 2.24) is 4.98 Å². The van der Waals surface area contributed by atoms with Gasteiger partial charge in [0.15, 0.2) is 0 Å². The van der Waals surface area contributed by atoms with E-state index in [9.17, 15) is 0 Å². The summed E-state index contributed by atoms with van der Waals surface area (Å²) in [5.74, 6) is 1.38. The number of nitrogen functional groups attached to an aromatic ring is 1. The molecule has 0 saturated carbocycles. The maximum absolute atomic E-state index is 5.85. The summed E-state index contributed by atoms with van der Waals surface area (Å²) in [6.07, 6.45) is 1.61. The Morgan fingerprint density at radius 1 is 1.20 bits per heavy atom. The number of aryl methyl sites for hydroxylation is 1. The molecule has 2 rings (SSSR count). The number of benzene rings is 1. The molecule has 0 amide bonds. The Labute approximate surface area is 120 Å². The van der Waals surface area contributed by atoms with Crippen LogP contribution in [0.5, 0.6) is 11.6 Å². The van der Waals surface area contributed by atoms with E-state index in [1.54, 1.807) is 6.20 Å². The van der Waals surface area contributed by atoms with Gasteiger partial charge < -0.3 is 15.4 Å². The van der Waals surface area contributed by atoms with E-state index in [1.807, 2.05) is 31.2 Å². The minimum absolute atomic E-state index is 0.593. The smallest absolute Gasteiger partial charge is 0.222 e. The highest BCUT2D eigenvalue weighted by atomic mass is 16.5. The highest BCUT2D eigenvalue weighted by molar-refractivity contribution is 5.51. The van der Waals surface area contributed by atoms with Crippen molar-refractivity contribution in [3.8, 4) is 11.6 Å². The van der Waals surface area contributed by atoms with E-state index < -0.39 is 0 Å². The molecular weight excluding hydrogens is 250 g/mol. The first-order valence-electron chi connectivity index (χ1n) is 6.89. The normalized spacial score (nSPS) is 10.3. The summed E-state index contributed by atoms with van der Waals surface area (Å²) in [5, 5.41) is 0. The summed E-state index contributed by atoms with van der Waals surface area (Å²) >= 11 is 0. The van der Waals surface area contributed by atoms with Crippen LogP contribution >= 0.6 is 0 Å². The number of nitrogens with two attached hydrogens (primary N) is 1. The fourth-order valence-corrected chi connectivity index (χ4v) is 2.13. The summed E-state index contributed by atoms with van der Waals surface area (Å²) in [5.41, 5.74) is 8.42. The van der Waals surface area contributed by atoms with Gasteiger partial charge in [0.25, 0.3) is 0 Å². The Morgan fingerprint density at radius 2 is 1.95 bits per heavy atom. The van der Waals surface area contributed by atoms with Crippen LogP contribution in [-0.2, 0) is 0 Å². The second-order valence-electron chi connectivity index (χ2n) is 4.66. The maximum Gasteiger partial charge on any atom is 0.222 e. The largest absolute Gasteiger partial charge is 0.439 e. The van der Waals surface area contributed by atoms with Crippen LogP contribution in [0.25, 0.3) is 0 Å². The van der Waals surface area contributed by atoms with Crippen molar-refractivity contribution >= 4 is 11.4 Å². The lowest BCUT2D eigenvalue weighted by atomic mass is 10.2. The van der Waals surface area contributed by atoms with Gasteiger partial charge in [-0.25, -0.2) is 4.98 Å². The van der Waals surface area contributed by atoms with E-state index in [1.165, 1.54) is 0 Å². The van der Waals surface area contributed by atoms with Crippen LogP contribution < -0.4 is 15.4 Å². The van der Waals surface area contributed by atoms with Gasteiger partial charge in [0.05, 0.1) is 11.9 Å². The third-order valence-corrected chi connectivity index (χ3v) is 3.21. The molecule has 0 bridgehead atoms. The van der Waals surface area contributed by atoms with Crippen molar-refractivity contribution in [1.29, 1.82) is 0 Å². The predicted molar refractivity (Wildman–Crippen MR) is 83.5 cm³/mol. The van der Waals surface area contributed by atoms with Gasteiger partial charge in [-0.1, -0.05) is 6.07 Å². The summed E-state index contributed by atoms with van der Waals surface area (Å²) in [6, 6.07) is 9.91. The minimum Gasteiger partial charge on any atom is -0.439 e. The van der Waals surface area contributed by atoms with Gasteiger partial charge in [0.1, 0.15) is 5.75 Å². The average Bonchev–Trinajstić information content (AvgIpc) is 2.44. The third-order valence-electron chi connectivity index (χ3n) is 3.21. The molecule has 106 valence electrons. The lowest BCUT2D eigenvalue weighted by Gasteiger charge is -2.21. The molecule has 0 spiro atoms. The molecule has 2 aromatic rings. The third kappa shape index (κ3) is 3.20. The van der Waals surface area contributed by atoms with Crippen LogP contribution in [0.1, 0.15) is 19.4 Å².